The number of hydrogen-bond acceptors (Lipinski definition) is 5. The summed E-state index contributed by atoms with van der Waals surface area (Å²) in [7, 11) is 0. The highest BCUT2D eigenvalue weighted by Crippen LogP contribution is 2.25. The van der Waals surface area contributed by atoms with Gasteiger partial charge in [-0.05, 0) is 30.7 Å². The fourth-order valence-corrected chi connectivity index (χ4v) is 2.47. The van der Waals surface area contributed by atoms with Gasteiger partial charge in [-0.15, -0.1) is 0 Å². The highest BCUT2D eigenvalue weighted by Gasteiger charge is 2.21. The number of esters is 1. The molecule has 26 heavy (non-hydrogen) atoms. The van der Waals surface area contributed by atoms with Crippen LogP contribution in [0, 0.1) is 10.1 Å². The molecule has 1 N–H and O–H groups in total. The molecule has 2 aromatic rings. The van der Waals surface area contributed by atoms with Crippen LogP contribution >= 0.6 is 23.2 Å². The monoisotopic (exact) mass is 396 g/mol. The average molecular weight is 397 g/mol. The number of amides is 1. The van der Waals surface area contributed by atoms with Crippen molar-refractivity contribution in [1.29, 1.82) is 0 Å². The summed E-state index contributed by atoms with van der Waals surface area (Å²) in [5.74, 6) is -1.51. The predicted molar refractivity (Wildman–Crippen MR) is 96.4 cm³/mol. The Labute approximate surface area is 159 Å². The third-order valence-electron chi connectivity index (χ3n) is 3.48. The first-order chi connectivity index (χ1) is 12.3. The molecule has 2 aromatic carbocycles. The molecule has 0 radical (unpaired) electrons. The standard InChI is InChI=1S/C17H14Cl2N2O5/c1-10(11-6-7-13(18)14(19)8-11)20-16(22)9-26-17(23)12-4-2-3-5-15(12)21(24)25/h2-8,10H,9H2,1H3,(H,20,22)/t10-/m1/s1. The minimum absolute atomic E-state index is 0.220. The molecule has 0 aromatic heterocycles. The molecule has 7 nitrogen and oxygen atoms in total. The van der Waals surface area contributed by atoms with Crippen LogP contribution < -0.4 is 5.32 Å². The largest absolute Gasteiger partial charge is 0.452 e. The lowest BCUT2D eigenvalue weighted by molar-refractivity contribution is -0.385. The molecule has 0 saturated carbocycles. The van der Waals surface area contributed by atoms with Gasteiger partial charge in [0.25, 0.3) is 11.6 Å². The van der Waals surface area contributed by atoms with E-state index >= 15 is 0 Å². The molecular formula is C17H14Cl2N2O5. The first kappa shape index (κ1) is 19.7. The quantitative estimate of drug-likeness (QED) is 0.452. The topological polar surface area (TPSA) is 98.5 Å². The summed E-state index contributed by atoms with van der Waals surface area (Å²) < 4.78 is 4.86. The van der Waals surface area contributed by atoms with E-state index in [1.807, 2.05) is 0 Å². The van der Waals surface area contributed by atoms with Crippen molar-refractivity contribution in [2.45, 2.75) is 13.0 Å². The Hall–Kier alpha value is -2.64. The fraction of sp³-hybridized carbons (Fsp3) is 0.176. The van der Waals surface area contributed by atoms with Crippen LogP contribution in [0.1, 0.15) is 28.9 Å². The summed E-state index contributed by atoms with van der Waals surface area (Å²) in [6.45, 7) is 1.15. The van der Waals surface area contributed by atoms with Gasteiger partial charge in [-0.1, -0.05) is 41.4 Å². The number of halogens is 2. The minimum Gasteiger partial charge on any atom is -0.452 e. The SMILES string of the molecule is C[C@@H](NC(=O)COC(=O)c1ccccc1[N+](=O)[O-])c1ccc(Cl)c(Cl)c1. The Bertz CT molecular complexity index is 857. The highest BCUT2D eigenvalue weighted by molar-refractivity contribution is 6.42. The lowest BCUT2D eigenvalue weighted by Crippen LogP contribution is -2.31. The maximum atomic E-state index is 12.0. The smallest absolute Gasteiger partial charge is 0.345 e. The van der Waals surface area contributed by atoms with E-state index in [0.717, 1.165) is 5.56 Å². The summed E-state index contributed by atoms with van der Waals surface area (Å²) in [5, 5.41) is 14.3. The van der Waals surface area contributed by atoms with Crippen molar-refractivity contribution in [1.82, 2.24) is 5.32 Å². The van der Waals surface area contributed by atoms with E-state index in [1.165, 1.54) is 24.3 Å². The maximum absolute atomic E-state index is 12.0. The molecule has 0 fully saturated rings. The van der Waals surface area contributed by atoms with Crippen molar-refractivity contribution < 1.29 is 19.2 Å². The van der Waals surface area contributed by atoms with E-state index in [9.17, 15) is 19.7 Å². The lowest BCUT2D eigenvalue weighted by atomic mass is 10.1. The van der Waals surface area contributed by atoms with Crippen molar-refractivity contribution in [2.75, 3.05) is 6.61 Å². The van der Waals surface area contributed by atoms with Crippen LogP contribution in [-0.2, 0) is 9.53 Å². The Morgan fingerprint density at radius 1 is 1.19 bits per heavy atom. The molecule has 0 bridgehead atoms. The Morgan fingerprint density at radius 2 is 1.88 bits per heavy atom. The molecular weight excluding hydrogens is 383 g/mol. The number of rotatable bonds is 6. The fourth-order valence-electron chi connectivity index (χ4n) is 2.16. The van der Waals surface area contributed by atoms with Crippen molar-refractivity contribution in [3.63, 3.8) is 0 Å². The molecule has 1 atom stereocenters. The third kappa shape index (κ3) is 4.93. The molecule has 0 aliphatic rings. The molecule has 1 amide bonds. The number of hydrogen-bond donors (Lipinski definition) is 1. The van der Waals surface area contributed by atoms with Crippen LogP contribution in [0.15, 0.2) is 42.5 Å². The van der Waals surface area contributed by atoms with Gasteiger partial charge in [-0.3, -0.25) is 14.9 Å². The van der Waals surface area contributed by atoms with Gasteiger partial charge < -0.3 is 10.1 Å². The summed E-state index contributed by atoms with van der Waals surface area (Å²) in [6.07, 6.45) is 0. The molecule has 0 aliphatic carbocycles. The van der Waals surface area contributed by atoms with Crippen molar-refractivity contribution >= 4 is 40.8 Å². The molecule has 0 aliphatic heterocycles. The first-order valence-corrected chi connectivity index (χ1v) is 8.20. The van der Waals surface area contributed by atoms with Crippen LogP contribution in [0.2, 0.25) is 10.0 Å². The molecule has 0 heterocycles. The zero-order chi connectivity index (χ0) is 19.3. The van der Waals surface area contributed by atoms with Gasteiger partial charge in [0.1, 0.15) is 5.56 Å². The minimum atomic E-state index is -0.949. The van der Waals surface area contributed by atoms with Crippen LogP contribution in [0.25, 0.3) is 0 Å². The van der Waals surface area contributed by atoms with Crippen molar-refractivity contribution in [2.24, 2.45) is 0 Å². The van der Waals surface area contributed by atoms with Crippen LogP contribution in [0.5, 0.6) is 0 Å². The van der Waals surface area contributed by atoms with Crippen LogP contribution in [-0.4, -0.2) is 23.4 Å². The predicted octanol–water partition coefficient (Wildman–Crippen LogP) is 3.94. The summed E-state index contributed by atoms with van der Waals surface area (Å²) in [6, 6.07) is 9.88. The van der Waals surface area contributed by atoms with Crippen molar-refractivity contribution in [3.05, 3.63) is 73.8 Å². The molecule has 2 rings (SSSR count). The van der Waals surface area contributed by atoms with Gasteiger partial charge in [0.05, 0.1) is 21.0 Å². The van der Waals surface area contributed by atoms with E-state index in [4.69, 9.17) is 27.9 Å². The van der Waals surface area contributed by atoms with Crippen molar-refractivity contribution in [3.8, 4) is 0 Å². The van der Waals surface area contributed by atoms with Gasteiger partial charge in [0.15, 0.2) is 6.61 Å². The number of nitro groups is 1. The van der Waals surface area contributed by atoms with E-state index in [-0.39, 0.29) is 11.3 Å². The van der Waals surface area contributed by atoms with Crippen LogP contribution in [0.4, 0.5) is 5.69 Å². The van der Waals surface area contributed by atoms with Crippen LogP contribution in [0.3, 0.4) is 0 Å². The average Bonchev–Trinajstić information content (AvgIpc) is 2.61. The lowest BCUT2D eigenvalue weighted by Gasteiger charge is -2.15. The van der Waals surface area contributed by atoms with E-state index < -0.39 is 29.4 Å². The van der Waals surface area contributed by atoms with E-state index in [0.29, 0.717) is 10.0 Å². The summed E-state index contributed by atoms with van der Waals surface area (Å²) in [4.78, 5) is 34.2. The number of nitro benzene ring substituents is 1. The zero-order valence-electron chi connectivity index (χ0n) is 13.6. The van der Waals surface area contributed by atoms with Gasteiger partial charge in [-0.2, -0.15) is 0 Å². The van der Waals surface area contributed by atoms with E-state index in [1.54, 1.807) is 25.1 Å². The number of carbonyl (C=O) groups is 2. The first-order valence-electron chi connectivity index (χ1n) is 7.44. The summed E-state index contributed by atoms with van der Waals surface area (Å²) in [5.41, 5.74) is 0.114. The molecule has 0 spiro atoms. The molecule has 136 valence electrons. The van der Waals surface area contributed by atoms with Gasteiger partial charge >= 0.3 is 5.97 Å². The number of ether oxygens (including phenoxy) is 1. The van der Waals surface area contributed by atoms with Gasteiger partial charge in [0, 0.05) is 6.07 Å². The normalized spacial score (nSPS) is 11.5. The maximum Gasteiger partial charge on any atom is 0.345 e. The second-order valence-electron chi connectivity index (χ2n) is 5.31. The zero-order valence-corrected chi connectivity index (χ0v) is 15.1. The third-order valence-corrected chi connectivity index (χ3v) is 4.22. The number of para-hydroxylation sites is 1. The number of nitrogens with one attached hydrogen (secondary N) is 1. The van der Waals surface area contributed by atoms with Gasteiger partial charge in [-0.25, -0.2) is 4.79 Å². The molecule has 0 unspecified atom stereocenters. The second-order valence-corrected chi connectivity index (χ2v) is 6.13. The van der Waals surface area contributed by atoms with E-state index in [2.05, 4.69) is 5.32 Å². The number of benzene rings is 2. The molecule has 0 saturated heterocycles. The highest BCUT2D eigenvalue weighted by atomic mass is 35.5. The summed E-state index contributed by atoms with van der Waals surface area (Å²) >= 11 is 11.8. The Morgan fingerprint density at radius 3 is 2.54 bits per heavy atom. The molecule has 9 heteroatoms. The van der Waals surface area contributed by atoms with Gasteiger partial charge in [0.2, 0.25) is 0 Å². The Kier molecular flexibility index (Phi) is 6.54. The second kappa shape index (κ2) is 8.64. The number of carbonyl (C=O) groups excluding carboxylic acids is 2. The number of nitrogens with zero attached hydrogens (tertiary/aromatic N) is 1. The Balaban J connectivity index is 1.95.